The number of hydrogen-bond donors (Lipinski definition) is 0. The van der Waals surface area contributed by atoms with E-state index in [9.17, 15) is 0 Å². The smallest absolute Gasteiger partial charge is 0.0242 e. The molecule has 0 fully saturated rings. The van der Waals surface area contributed by atoms with E-state index >= 15 is 0 Å². The van der Waals surface area contributed by atoms with E-state index in [4.69, 9.17) is 0 Å². The van der Waals surface area contributed by atoms with Crippen molar-refractivity contribution < 1.29 is 0 Å². The molecule has 70 valence electrons. The first-order valence-corrected chi connectivity index (χ1v) is 6.04. The van der Waals surface area contributed by atoms with Gasteiger partial charge in [0.05, 0.1) is 0 Å². The van der Waals surface area contributed by atoms with Crippen LogP contribution in [0.15, 0.2) is 28.2 Å². The molecule has 13 heavy (non-hydrogen) atoms. The Morgan fingerprint density at radius 1 is 1.46 bits per heavy atom. The summed E-state index contributed by atoms with van der Waals surface area (Å²) in [7, 11) is 0. The second kappa shape index (κ2) is 4.97. The van der Waals surface area contributed by atoms with E-state index in [1.54, 1.807) is 0 Å². The Bertz CT molecular complexity index is 327. The Morgan fingerprint density at radius 3 is 2.69 bits per heavy atom. The summed E-state index contributed by atoms with van der Waals surface area (Å²) in [6.45, 7) is 4.21. The number of halogens is 2. The van der Waals surface area contributed by atoms with Gasteiger partial charge in [-0.25, -0.2) is 0 Å². The zero-order valence-electron chi connectivity index (χ0n) is 7.77. The predicted octanol–water partition coefficient (Wildman–Crippen LogP) is 4.56. The van der Waals surface area contributed by atoms with E-state index < -0.39 is 0 Å². The topological polar surface area (TPSA) is 0 Å². The summed E-state index contributed by atoms with van der Waals surface area (Å²) in [6.07, 6.45) is 2.18. The normalized spacial score (nSPS) is 11.8. The summed E-state index contributed by atoms with van der Waals surface area (Å²) in [6, 6.07) is 6.39. The number of benzene rings is 1. The third-order valence-corrected chi connectivity index (χ3v) is 3.56. The van der Waals surface area contributed by atoms with Gasteiger partial charge in [0.25, 0.3) is 0 Å². The molecule has 0 unspecified atom stereocenters. The fourth-order valence-electron chi connectivity index (χ4n) is 1.02. The van der Waals surface area contributed by atoms with Crippen molar-refractivity contribution in [3.63, 3.8) is 0 Å². The van der Waals surface area contributed by atoms with Crippen LogP contribution in [0.25, 0.3) is 6.08 Å². The van der Waals surface area contributed by atoms with Crippen LogP contribution < -0.4 is 0 Å². The van der Waals surface area contributed by atoms with E-state index in [1.807, 2.05) is 0 Å². The van der Waals surface area contributed by atoms with Gasteiger partial charge in [-0.3, -0.25) is 0 Å². The average molecular weight is 304 g/mol. The van der Waals surface area contributed by atoms with Crippen molar-refractivity contribution in [2.24, 2.45) is 0 Å². The minimum atomic E-state index is 0.929. The number of hydrogen-bond acceptors (Lipinski definition) is 0. The highest BCUT2D eigenvalue weighted by atomic mass is 79.9. The van der Waals surface area contributed by atoms with Gasteiger partial charge in [-0.2, -0.15) is 0 Å². The van der Waals surface area contributed by atoms with Gasteiger partial charge < -0.3 is 0 Å². The first-order valence-electron chi connectivity index (χ1n) is 4.13. The molecular weight excluding hydrogens is 292 g/mol. The van der Waals surface area contributed by atoms with E-state index in [0.29, 0.717) is 0 Å². The molecule has 0 aliphatic rings. The maximum Gasteiger partial charge on any atom is 0.0242 e. The van der Waals surface area contributed by atoms with Gasteiger partial charge in [0, 0.05) is 9.80 Å². The molecule has 0 spiro atoms. The lowest BCUT2D eigenvalue weighted by molar-refractivity contribution is 1.40. The highest BCUT2D eigenvalue weighted by molar-refractivity contribution is 9.10. The first-order chi connectivity index (χ1) is 6.13. The van der Waals surface area contributed by atoms with Crippen LogP contribution in [0.3, 0.4) is 0 Å². The van der Waals surface area contributed by atoms with Crippen molar-refractivity contribution in [2.45, 2.75) is 13.8 Å². The highest BCUT2D eigenvalue weighted by Gasteiger charge is 1.95. The number of alkyl halides is 1. The summed E-state index contributed by atoms with van der Waals surface area (Å²) in [5, 5.41) is 0.929. The lowest BCUT2D eigenvalue weighted by Gasteiger charge is -2.00. The van der Waals surface area contributed by atoms with Crippen molar-refractivity contribution in [2.75, 3.05) is 5.33 Å². The van der Waals surface area contributed by atoms with Crippen molar-refractivity contribution in [3.8, 4) is 0 Å². The largest absolute Gasteiger partial charge is 0.0880 e. The zero-order chi connectivity index (χ0) is 9.84. The zero-order valence-corrected chi connectivity index (χ0v) is 10.9. The van der Waals surface area contributed by atoms with Gasteiger partial charge in [-0.15, -0.1) is 0 Å². The van der Waals surface area contributed by atoms with E-state index in [0.717, 1.165) is 5.33 Å². The summed E-state index contributed by atoms with van der Waals surface area (Å²) < 4.78 is 1.17. The molecule has 0 aromatic heterocycles. The highest BCUT2D eigenvalue weighted by Crippen LogP contribution is 2.19. The fourth-order valence-corrected chi connectivity index (χ4v) is 1.58. The van der Waals surface area contributed by atoms with Crippen LogP contribution in [0, 0.1) is 6.92 Å². The van der Waals surface area contributed by atoms with Gasteiger partial charge in [-0.05, 0) is 31.0 Å². The molecule has 0 heterocycles. The number of rotatable bonds is 2. The van der Waals surface area contributed by atoms with Crippen molar-refractivity contribution in [1.29, 1.82) is 0 Å². The van der Waals surface area contributed by atoms with Crippen LogP contribution in [0.2, 0.25) is 0 Å². The fraction of sp³-hybridized carbons (Fsp3) is 0.273. The first kappa shape index (κ1) is 11.0. The third kappa shape index (κ3) is 3.28. The molecule has 0 saturated heterocycles. The molecule has 2 heteroatoms. The summed E-state index contributed by atoms with van der Waals surface area (Å²) in [5.74, 6) is 0. The molecule has 0 aliphatic heterocycles. The maximum atomic E-state index is 3.52. The molecule has 0 amide bonds. The molecular formula is C11H12Br2. The molecule has 1 rings (SSSR count). The van der Waals surface area contributed by atoms with Crippen LogP contribution in [-0.2, 0) is 0 Å². The standard InChI is InChI=1S/C11H12Br2/c1-8(7-12)5-10-4-3-9(2)11(13)6-10/h3-6H,7H2,1-2H3/b8-5-. The summed E-state index contributed by atoms with van der Waals surface area (Å²) >= 11 is 6.94. The van der Waals surface area contributed by atoms with Gasteiger partial charge in [0.2, 0.25) is 0 Å². The number of allylic oxidation sites excluding steroid dienone is 1. The van der Waals surface area contributed by atoms with E-state index in [1.165, 1.54) is 21.2 Å². The monoisotopic (exact) mass is 302 g/mol. The molecule has 0 radical (unpaired) electrons. The Labute approximate surface area is 96.3 Å². The van der Waals surface area contributed by atoms with Crippen molar-refractivity contribution in [1.82, 2.24) is 0 Å². The van der Waals surface area contributed by atoms with Gasteiger partial charge >= 0.3 is 0 Å². The van der Waals surface area contributed by atoms with Crippen LogP contribution in [0.5, 0.6) is 0 Å². The van der Waals surface area contributed by atoms with Crippen LogP contribution in [-0.4, -0.2) is 5.33 Å². The van der Waals surface area contributed by atoms with Gasteiger partial charge in [-0.1, -0.05) is 55.6 Å². The van der Waals surface area contributed by atoms with Crippen molar-refractivity contribution in [3.05, 3.63) is 39.4 Å². The molecule has 0 aliphatic carbocycles. The summed E-state index contributed by atoms with van der Waals surface area (Å²) in [5.41, 5.74) is 3.85. The van der Waals surface area contributed by atoms with Crippen molar-refractivity contribution >= 4 is 37.9 Å². The van der Waals surface area contributed by atoms with E-state index in [2.05, 4.69) is 70.0 Å². The van der Waals surface area contributed by atoms with Crippen LogP contribution in [0.4, 0.5) is 0 Å². The van der Waals surface area contributed by atoms with Crippen LogP contribution >= 0.6 is 31.9 Å². The van der Waals surface area contributed by atoms with E-state index in [-0.39, 0.29) is 0 Å². The second-order valence-electron chi connectivity index (χ2n) is 3.13. The van der Waals surface area contributed by atoms with Gasteiger partial charge in [0.15, 0.2) is 0 Å². The Morgan fingerprint density at radius 2 is 2.15 bits per heavy atom. The van der Waals surface area contributed by atoms with Crippen LogP contribution in [0.1, 0.15) is 18.1 Å². The minimum Gasteiger partial charge on any atom is -0.0880 e. The Kier molecular flexibility index (Phi) is 4.20. The molecule has 1 aromatic rings. The number of aryl methyl sites for hydroxylation is 1. The summed E-state index contributed by atoms with van der Waals surface area (Å²) in [4.78, 5) is 0. The molecule has 0 bridgehead atoms. The minimum absolute atomic E-state index is 0.929. The van der Waals surface area contributed by atoms with Gasteiger partial charge in [0.1, 0.15) is 0 Å². The SMILES string of the molecule is C/C(=C/c1ccc(C)c(Br)c1)CBr. The third-order valence-electron chi connectivity index (χ3n) is 1.82. The lowest BCUT2D eigenvalue weighted by Crippen LogP contribution is -1.80. The Hall–Kier alpha value is -0.0800. The second-order valence-corrected chi connectivity index (χ2v) is 4.55. The molecule has 0 N–H and O–H groups in total. The average Bonchev–Trinajstić information content (AvgIpc) is 2.11. The molecule has 0 atom stereocenters. The molecule has 0 nitrogen and oxygen atoms in total. The Balaban J connectivity index is 2.98. The molecule has 0 saturated carbocycles. The predicted molar refractivity (Wildman–Crippen MR) is 66.3 cm³/mol. The quantitative estimate of drug-likeness (QED) is 0.703. The molecule has 1 aromatic carbocycles. The lowest BCUT2D eigenvalue weighted by atomic mass is 10.1. The maximum absolute atomic E-state index is 3.52.